The lowest BCUT2D eigenvalue weighted by Crippen LogP contribution is -2.42. The zero-order valence-electron chi connectivity index (χ0n) is 12.2. The Balaban J connectivity index is 1.64. The molecule has 20 heavy (non-hydrogen) atoms. The standard InChI is InChI=1S/C16H22N4/c1-13-12-15(8-11-19(13)2)18-14-4-6-16(7-5-14)20-10-3-9-17-20/h3-7,9-10,13,15,18H,8,11-12H2,1-2H3. The van der Waals surface area contributed by atoms with Crippen LogP contribution in [0.15, 0.2) is 42.7 Å². The van der Waals surface area contributed by atoms with Gasteiger partial charge in [0.05, 0.1) is 5.69 Å². The first-order valence-corrected chi connectivity index (χ1v) is 7.29. The molecule has 0 amide bonds. The lowest BCUT2D eigenvalue weighted by atomic mass is 9.98. The summed E-state index contributed by atoms with van der Waals surface area (Å²) in [6.45, 7) is 3.47. The summed E-state index contributed by atoms with van der Waals surface area (Å²) in [6.07, 6.45) is 6.17. The number of hydrogen-bond donors (Lipinski definition) is 1. The molecule has 0 radical (unpaired) electrons. The van der Waals surface area contributed by atoms with Gasteiger partial charge in [-0.25, -0.2) is 4.68 Å². The number of hydrogen-bond acceptors (Lipinski definition) is 3. The molecule has 2 atom stereocenters. The van der Waals surface area contributed by atoms with Crippen molar-refractivity contribution >= 4 is 5.69 Å². The summed E-state index contributed by atoms with van der Waals surface area (Å²) in [5.41, 5.74) is 2.29. The predicted molar refractivity (Wildman–Crippen MR) is 82.3 cm³/mol. The molecule has 2 heterocycles. The van der Waals surface area contributed by atoms with Gasteiger partial charge < -0.3 is 10.2 Å². The number of benzene rings is 1. The molecule has 1 fully saturated rings. The second-order valence-electron chi connectivity index (χ2n) is 5.69. The number of nitrogens with one attached hydrogen (secondary N) is 1. The van der Waals surface area contributed by atoms with Gasteiger partial charge in [-0.05, 0) is 57.1 Å². The Morgan fingerprint density at radius 3 is 2.70 bits per heavy atom. The minimum absolute atomic E-state index is 0.580. The van der Waals surface area contributed by atoms with Gasteiger partial charge in [0.15, 0.2) is 0 Å². The van der Waals surface area contributed by atoms with E-state index in [1.165, 1.54) is 25.1 Å². The monoisotopic (exact) mass is 270 g/mol. The third-order valence-corrected chi connectivity index (χ3v) is 4.22. The van der Waals surface area contributed by atoms with Crippen LogP contribution in [0.2, 0.25) is 0 Å². The molecule has 1 N–H and O–H groups in total. The van der Waals surface area contributed by atoms with E-state index >= 15 is 0 Å². The van der Waals surface area contributed by atoms with Crippen LogP contribution in [0, 0.1) is 0 Å². The second kappa shape index (κ2) is 5.67. The van der Waals surface area contributed by atoms with E-state index in [1.54, 1.807) is 6.20 Å². The molecule has 0 bridgehead atoms. The van der Waals surface area contributed by atoms with Gasteiger partial charge in [-0.3, -0.25) is 0 Å². The van der Waals surface area contributed by atoms with E-state index in [9.17, 15) is 0 Å². The number of piperidine rings is 1. The fourth-order valence-corrected chi connectivity index (χ4v) is 2.79. The second-order valence-corrected chi connectivity index (χ2v) is 5.69. The fourth-order valence-electron chi connectivity index (χ4n) is 2.79. The smallest absolute Gasteiger partial charge is 0.0647 e. The van der Waals surface area contributed by atoms with Gasteiger partial charge in [0.25, 0.3) is 0 Å². The molecule has 4 nitrogen and oxygen atoms in total. The summed E-state index contributed by atoms with van der Waals surface area (Å²) in [5.74, 6) is 0. The van der Waals surface area contributed by atoms with Gasteiger partial charge in [0.1, 0.15) is 0 Å². The Hall–Kier alpha value is -1.81. The maximum Gasteiger partial charge on any atom is 0.0647 e. The molecule has 3 rings (SSSR count). The molecule has 1 aromatic heterocycles. The van der Waals surface area contributed by atoms with Crippen LogP contribution in [0.1, 0.15) is 19.8 Å². The average Bonchev–Trinajstić information content (AvgIpc) is 2.98. The Morgan fingerprint density at radius 1 is 1.25 bits per heavy atom. The summed E-state index contributed by atoms with van der Waals surface area (Å²) in [4.78, 5) is 2.43. The van der Waals surface area contributed by atoms with Gasteiger partial charge in [0, 0.05) is 36.7 Å². The van der Waals surface area contributed by atoms with E-state index in [2.05, 4.69) is 53.6 Å². The van der Waals surface area contributed by atoms with E-state index in [4.69, 9.17) is 0 Å². The first-order valence-electron chi connectivity index (χ1n) is 7.29. The average molecular weight is 270 g/mol. The third kappa shape index (κ3) is 2.85. The molecular formula is C16H22N4. The highest BCUT2D eigenvalue weighted by atomic mass is 15.3. The van der Waals surface area contributed by atoms with Crippen LogP contribution < -0.4 is 5.32 Å². The van der Waals surface area contributed by atoms with Gasteiger partial charge in [-0.1, -0.05) is 0 Å². The molecule has 4 heteroatoms. The molecule has 1 aromatic carbocycles. The topological polar surface area (TPSA) is 33.1 Å². The maximum absolute atomic E-state index is 4.24. The molecule has 1 aliphatic heterocycles. The SMILES string of the molecule is CC1CC(Nc2ccc(-n3cccn3)cc2)CCN1C. The lowest BCUT2D eigenvalue weighted by Gasteiger charge is -2.35. The number of aromatic nitrogens is 2. The minimum Gasteiger partial charge on any atom is -0.382 e. The van der Waals surface area contributed by atoms with Crippen molar-refractivity contribution in [3.63, 3.8) is 0 Å². The molecule has 106 valence electrons. The largest absolute Gasteiger partial charge is 0.382 e. The predicted octanol–water partition coefficient (Wildman–Crippen LogP) is 2.77. The van der Waals surface area contributed by atoms with Crippen LogP contribution in [-0.4, -0.2) is 40.4 Å². The molecule has 1 aliphatic rings. The van der Waals surface area contributed by atoms with Crippen LogP contribution in [0.3, 0.4) is 0 Å². The minimum atomic E-state index is 0.580. The van der Waals surface area contributed by atoms with Gasteiger partial charge in [-0.15, -0.1) is 0 Å². The van der Waals surface area contributed by atoms with E-state index < -0.39 is 0 Å². The highest BCUT2D eigenvalue weighted by Crippen LogP contribution is 2.20. The molecular weight excluding hydrogens is 248 g/mol. The Morgan fingerprint density at radius 2 is 2.05 bits per heavy atom. The van der Waals surface area contributed by atoms with Gasteiger partial charge >= 0.3 is 0 Å². The molecule has 0 spiro atoms. The van der Waals surface area contributed by atoms with Crippen LogP contribution in [0.5, 0.6) is 0 Å². The fraction of sp³-hybridized carbons (Fsp3) is 0.438. The highest BCUT2D eigenvalue weighted by molar-refractivity contribution is 5.49. The van der Waals surface area contributed by atoms with Crippen molar-refractivity contribution in [2.75, 3.05) is 18.9 Å². The first-order chi connectivity index (χ1) is 9.72. The zero-order chi connectivity index (χ0) is 13.9. The van der Waals surface area contributed by atoms with Gasteiger partial charge in [0.2, 0.25) is 0 Å². The molecule has 1 saturated heterocycles. The normalized spacial score (nSPS) is 23.7. The van der Waals surface area contributed by atoms with Crippen molar-refractivity contribution in [2.24, 2.45) is 0 Å². The zero-order valence-corrected chi connectivity index (χ0v) is 12.2. The molecule has 0 saturated carbocycles. The van der Waals surface area contributed by atoms with Crippen LogP contribution in [0.25, 0.3) is 5.69 Å². The highest BCUT2D eigenvalue weighted by Gasteiger charge is 2.22. The summed E-state index contributed by atoms with van der Waals surface area (Å²) in [5, 5.41) is 7.89. The third-order valence-electron chi connectivity index (χ3n) is 4.22. The van der Waals surface area contributed by atoms with Crippen molar-refractivity contribution in [2.45, 2.75) is 31.8 Å². The number of likely N-dealkylation sites (tertiary alicyclic amines) is 1. The quantitative estimate of drug-likeness (QED) is 0.931. The van der Waals surface area contributed by atoms with Crippen molar-refractivity contribution < 1.29 is 0 Å². The van der Waals surface area contributed by atoms with E-state index in [0.717, 1.165) is 5.69 Å². The molecule has 2 unspecified atom stereocenters. The lowest BCUT2D eigenvalue weighted by molar-refractivity contribution is 0.190. The maximum atomic E-state index is 4.24. The number of rotatable bonds is 3. The molecule has 0 aliphatic carbocycles. The van der Waals surface area contributed by atoms with E-state index in [1.807, 2.05) is 16.9 Å². The Labute approximate surface area is 120 Å². The molecule has 2 aromatic rings. The number of nitrogens with zero attached hydrogens (tertiary/aromatic N) is 3. The Bertz CT molecular complexity index is 532. The summed E-state index contributed by atoms with van der Waals surface area (Å²) < 4.78 is 1.88. The Kier molecular flexibility index (Phi) is 3.74. The summed E-state index contributed by atoms with van der Waals surface area (Å²) >= 11 is 0. The van der Waals surface area contributed by atoms with Crippen LogP contribution in [0.4, 0.5) is 5.69 Å². The van der Waals surface area contributed by atoms with E-state index in [-0.39, 0.29) is 0 Å². The summed E-state index contributed by atoms with van der Waals surface area (Å²) in [7, 11) is 2.21. The first kappa shape index (κ1) is 13.2. The van der Waals surface area contributed by atoms with Crippen LogP contribution >= 0.6 is 0 Å². The van der Waals surface area contributed by atoms with E-state index in [0.29, 0.717) is 12.1 Å². The van der Waals surface area contributed by atoms with Crippen LogP contribution in [-0.2, 0) is 0 Å². The van der Waals surface area contributed by atoms with Crippen molar-refractivity contribution in [3.05, 3.63) is 42.7 Å². The van der Waals surface area contributed by atoms with Crippen molar-refractivity contribution in [1.29, 1.82) is 0 Å². The summed E-state index contributed by atoms with van der Waals surface area (Å²) in [6, 6.07) is 11.7. The number of anilines is 1. The van der Waals surface area contributed by atoms with Gasteiger partial charge in [-0.2, -0.15) is 5.10 Å². The van der Waals surface area contributed by atoms with Crippen molar-refractivity contribution in [3.8, 4) is 5.69 Å². The van der Waals surface area contributed by atoms with Crippen molar-refractivity contribution in [1.82, 2.24) is 14.7 Å².